The van der Waals surface area contributed by atoms with Gasteiger partial charge in [0.2, 0.25) is 0 Å². The second-order valence-electron chi connectivity index (χ2n) is 4.85. The van der Waals surface area contributed by atoms with Gasteiger partial charge in [0, 0.05) is 5.56 Å². The number of aliphatic hydroxyl groups is 1. The molecule has 2 unspecified atom stereocenters. The van der Waals surface area contributed by atoms with Crippen molar-refractivity contribution in [2.75, 3.05) is 6.61 Å². The molecular weight excluding hydrogens is 244 g/mol. The Morgan fingerprint density at radius 1 is 1.42 bits per heavy atom. The van der Waals surface area contributed by atoms with Gasteiger partial charge in [0.15, 0.2) is 5.60 Å². The summed E-state index contributed by atoms with van der Waals surface area (Å²) in [6.45, 7) is 7.18. The van der Waals surface area contributed by atoms with E-state index in [9.17, 15) is 15.0 Å². The van der Waals surface area contributed by atoms with Crippen molar-refractivity contribution in [1.29, 1.82) is 0 Å². The van der Waals surface area contributed by atoms with Crippen LogP contribution in [0.4, 0.5) is 0 Å². The van der Waals surface area contributed by atoms with Crippen LogP contribution in [0.3, 0.4) is 0 Å². The smallest absolute Gasteiger partial charge is 0.342 e. The lowest BCUT2D eigenvalue weighted by molar-refractivity contribution is -0.164. The zero-order valence-corrected chi connectivity index (χ0v) is 11.9. The lowest BCUT2D eigenvalue weighted by atomic mass is 9.89. The molecule has 1 aromatic carbocycles. The molecule has 0 aliphatic carbocycles. The van der Waals surface area contributed by atoms with E-state index in [0.29, 0.717) is 0 Å². The number of hydrogen-bond acceptors (Lipinski definition) is 4. The summed E-state index contributed by atoms with van der Waals surface area (Å²) in [4.78, 5) is 11.8. The number of carbonyl (C=O) groups is 1. The number of esters is 1. The molecule has 0 fully saturated rings. The fraction of sp³-hybridized carbons (Fsp3) is 0.533. The van der Waals surface area contributed by atoms with Crippen molar-refractivity contribution in [3.63, 3.8) is 0 Å². The summed E-state index contributed by atoms with van der Waals surface area (Å²) in [5.74, 6) is -0.639. The highest BCUT2D eigenvalue weighted by Crippen LogP contribution is 2.36. The summed E-state index contributed by atoms with van der Waals surface area (Å²) < 4.78 is 4.84. The fourth-order valence-corrected chi connectivity index (χ4v) is 1.95. The molecule has 0 aliphatic heterocycles. The number of phenolic OH excluding ortho intramolecular Hbond substituents is 1. The standard InChI is InChI=1S/C15H22O4/c1-5-10(3)11-8-7-9-12(13(11)16)15(4,18)14(17)19-6-2/h7-10,16,18H,5-6H2,1-4H3. The number of hydrogen-bond donors (Lipinski definition) is 2. The van der Waals surface area contributed by atoms with Gasteiger partial charge in [-0.15, -0.1) is 0 Å². The monoisotopic (exact) mass is 266 g/mol. The van der Waals surface area contributed by atoms with E-state index >= 15 is 0 Å². The summed E-state index contributed by atoms with van der Waals surface area (Å²) in [6.07, 6.45) is 0.860. The zero-order chi connectivity index (χ0) is 14.6. The number of rotatable bonds is 5. The van der Waals surface area contributed by atoms with E-state index in [1.807, 2.05) is 13.8 Å². The van der Waals surface area contributed by atoms with E-state index < -0.39 is 11.6 Å². The lowest BCUT2D eigenvalue weighted by Crippen LogP contribution is -2.34. The molecule has 0 aliphatic rings. The highest BCUT2D eigenvalue weighted by Gasteiger charge is 2.37. The minimum atomic E-state index is -1.84. The van der Waals surface area contributed by atoms with Crippen molar-refractivity contribution in [3.05, 3.63) is 29.3 Å². The van der Waals surface area contributed by atoms with E-state index in [2.05, 4.69) is 0 Å². The minimum Gasteiger partial charge on any atom is -0.507 e. The average molecular weight is 266 g/mol. The molecule has 4 heteroatoms. The molecule has 0 saturated carbocycles. The summed E-state index contributed by atoms with van der Waals surface area (Å²) in [7, 11) is 0. The van der Waals surface area contributed by atoms with E-state index in [1.54, 1.807) is 19.1 Å². The van der Waals surface area contributed by atoms with Crippen LogP contribution >= 0.6 is 0 Å². The Morgan fingerprint density at radius 3 is 2.58 bits per heavy atom. The maximum atomic E-state index is 11.8. The van der Waals surface area contributed by atoms with Crippen LogP contribution in [-0.2, 0) is 15.1 Å². The molecule has 0 heterocycles. The Morgan fingerprint density at radius 2 is 2.05 bits per heavy atom. The molecule has 0 amide bonds. The predicted octanol–water partition coefficient (Wildman–Crippen LogP) is 2.68. The van der Waals surface area contributed by atoms with Crippen LogP contribution in [-0.4, -0.2) is 22.8 Å². The van der Waals surface area contributed by atoms with Gasteiger partial charge >= 0.3 is 5.97 Å². The molecular formula is C15H22O4. The summed E-state index contributed by atoms with van der Waals surface area (Å²) >= 11 is 0. The first-order valence-corrected chi connectivity index (χ1v) is 6.58. The van der Waals surface area contributed by atoms with Crippen molar-refractivity contribution in [3.8, 4) is 5.75 Å². The van der Waals surface area contributed by atoms with Gasteiger partial charge in [-0.2, -0.15) is 0 Å². The number of phenols is 1. The quantitative estimate of drug-likeness (QED) is 0.804. The van der Waals surface area contributed by atoms with Crippen molar-refractivity contribution in [2.24, 2.45) is 0 Å². The van der Waals surface area contributed by atoms with Crippen molar-refractivity contribution >= 4 is 5.97 Å². The molecule has 106 valence electrons. The van der Waals surface area contributed by atoms with E-state index in [0.717, 1.165) is 12.0 Å². The van der Waals surface area contributed by atoms with Crippen LogP contribution < -0.4 is 0 Å². The normalized spacial score (nSPS) is 15.6. The van der Waals surface area contributed by atoms with Gasteiger partial charge in [-0.25, -0.2) is 4.79 Å². The Labute approximate surface area is 114 Å². The Bertz CT molecular complexity index is 451. The Balaban J connectivity index is 3.24. The highest BCUT2D eigenvalue weighted by atomic mass is 16.5. The van der Waals surface area contributed by atoms with Gasteiger partial charge in [0.25, 0.3) is 0 Å². The van der Waals surface area contributed by atoms with Gasteiger partial charge in [-0.05, 0) is 31.7 Å². The lowest BCUT2D eigenvalue weighted by Gasteiger charge is -2.24. The molecule has 0 spiro atoms. The second-order valence-corrected chi connectivity index (χ2v) is 4.85. The summed E-state index contributed by atoms with van der Waals surface area (Å²) in [6, 6.07) is 5.07. The molecule has 0 bridgehead atoms. The first-order chi connectivity index (χ1) is 8.86. The van der Waals surface area contributed by atoms with Crippen molar-refractivity contribution in [2.45, 2.75) is 45.6 Å². The molecule has 0 aromatic heterocycles. The van der Waals surface area contributed by atoms with E-state index in [4.69, 9.17) is 4.74 Å². The highest BCUT2D eigenvalue weighted by molar-refractivity contribution is 5.81. The second kappa shape index (κ2) is 6.06. The van der Waals surface area contributed by atoms with Gasteiger partial charge < -0.3 is 14.9 Å². The van der Waals surface area contributed by atoms with Crippen LogP contribution in [0.5, 0.6) is 5.75 Å². The van der Waals surface area contributed by atoms with Crippen LogP contribution in [0.25, 0.3) is 0 Å². The van der Waals surface area contributed by atoms with Gasteiger partial charge in [-0.3, -0.25) is 0 Å². The maximum Gasteiger partial charge on any atom is 0.342 e. The van der Waals surface area contributed by atoms with E-state index in [-0.39, 0.29) is 23.8 Å². The molecule has 0 radical (unpaired) electrons. The Hall–Kier alpha value is -1.55. The Kier molecular flexibility index (Phi) is 4.95. The predicted molar refractivity (Wildman–Crippen MR) is 73.0 cm³/mol. The van der Waals surface area contributed by atoms with Crippen LogP contribution in [0.2, 0.25) is 0 Å². The topological polar surface area (TPSA) is 66.8 Å². The SMILES string of the molecule is CCOC(=O)C(C)(O)c1cccc(C(C)CC)c1O. The third kappa shape index (κ3) is 3.07. The number of benzene rings is 1. The minimum absolute atomic E-state index is 0.0325. The summed E-state index contributed by atoms with van der Waals surface area (Å²) in [5, 5.41) is 20.6. The third-order valence-corrected chi connectivity index (χ3v) is 3.41. The molecule has 1 rings (SSSR count). The number of para-hydroxylation sites is 1. The van der Waals surface area contributed by atoms with E-state index in [1.165, 1.54) is 13.0 Å². The maximum absolute atomic E-state index is 11.8. The van der Waals surface area contributed by atoms with Gasteiger partial charge in [-0.1, -0.05) is 32.0 Å². The van der Waals surface area contributed by atoms with Crippen LogP contribution in [0.15, 0.2) is 18.2 Å². The third-order valence-electron chi connectivity index (χ3n) is 3.41. The first kappa shape index (κ1) is 15.5. The van der Waals surface area contributed by atoms with Crippen molar-refractivity contribution < 1.29 is 19.7 Å². The number of aromatic hydroxyl groups is 1. The van der Waals surface area contributed by atoms with Crippen LogP contribution in [0.1, 0.15) is 51.2 Å². The average Bonchev–Trinajstić information content (AvgIpc) is 2.38. The fourth-order valence-electron chi connectivity index (χ4n) is 1.95. The summed E-state index contributed by atoms with van der Waals surface area (Å²) in [5.41, 5.74) is -0.933. The number of ether oxygens (including phenoxy) is 1. The molecule has 2 N–H and O–H groups in total. The molecule has 19 heavy (non-hydrogen) atoms. The molecule has 4 nitrogen and oxygen atoms in total. The van der Waals surface area contributed by atoms with Gasteiger partial charge in [0.1, 0.15) is 5.75 Å². The molecule has 2 atom stereocenters. The first-order valence-electron chi connectivity index (χ1n) is 6.58. The van der Waals surface area contributed by atoms with Crippen LogP contribution in [0, 0.1) is 0 Å². The number of carbonyl (C=O) groups excluding carboxylic acids is 1. The van der Waals surface area contributed by atoms with Crippen molar-refractivity contribution in [1.82, 2.24) is 0 Å². The zero-order valence-electron chi connectivity index (χ0n) is 11.9. The molecule has 0 saturated heterocycles. The van der Waals surface area contributed by atoms with Gasteiger partial charge in [0.05, 0.1) is 6.61 Å². The largest absolute Gasteiger partial charge is 0.507 e. The molecule has 1 aromatic rings.